The van der Waals surface area contributed by atoms with Crippen LogP contribution in [0.4, 0.5) is 8.78 Å². The first-order chi connectivity index (χ1) is 9.66. The summed E-state index contributed by atoms with van der Waals surface area (Å²) in [6, 6.07) is 4.00. The van der Waals surface area contributed by atoms with Gasteiger partial charge in [0.2, 0.25) is 5.91 Å². The fourth-order valence-electron chi connectivity index (χ4n) is 2.84. The Kier molecular flexibility index (Phi) is 3.94. The summed E-state index contributed by atoms with van der Waals surface area (Å²) in [6.07, 6.45) is 1.71. The summed E-state index contributed by atoms with van der Waals surface area (Å²) in [5.74, 6) is 0.335. The lowest BCUT2D eigenvalue weighted by Gasteiger charge is -2.35. The van der Waals surface area contributed by atoms with Crippen molar-refractivity contribution in [3.63, 3.8) is 0 Å². The molecule has 20 heavy (non-hydrogen) atoms. The van der Waals surface area contributed by atoms with Crippen LogP contribution in [-0.2, 0) is 4.79 Å². The van der Waals surface area contributed by atoms with Gasteiger partial charge in [-0.15, -0.1) is 0 Å². The lowest BCUT2D eigenvalue weighted by atomic mass is 10.1. The van der Waals surface area contributed by atoms with E-state index in [1.807, 2.05) is 11.8 Å². The lowest BCUT2D eigenvalue weighted by molar-refractivity contribution is -0.130. The molecular weight excluding hydrogens is 282 g/mol. The molecule has 0 aromatic heterocycles. The van der Waals surface area contributed by atoms with Crippen molar-refractivity contribution in [3.05, 3.63) is 35.4 Å². The molecule has 1 aromatic rings. The molecule has 108 valence electrons. The quantitative estimate of drug-likeness (QED) is 0.909. The smallest absolute Gasteiger partial charge is 0.238 e. The molecule has 0 spiro atoms. The normalized spacial score (nSPS) is 27.1. The first-order valence-electron chi connectivity index (χ1n) is 6.74. The molecule has 2 fully saturated rings. The second-order valence-corrected chi connectivity index (χ2v) is 6.28. The van der Waals surface area contributed by atoms with Crippen molar-refractivity contribution >= 4 is 17.7 Å². The van der Waals surface area contributed by atoms with Gasteiger partial charge in [0.05, 0.1) is 6.54 Å². The molecule has 6 heteroatoms. The van der Waals surface area contributed by atoms with Crippen LogP contribution >= 0.6 is 11.8 Å². The Labute approximate surface area is 120 Å². The third-order valence-corrected chi connectivity index (χ3v) is 5.00. The Hall–Kier alpha value is -1.14. The molecule has 2 saturated heterocycles. The molecule has 0 saturated carbocycles. The third kappa shape index (κ3) is 2.54. The molecule has 1 aromatic carbocycles. The average Bonchev–Trinajstić information content (AvgIpc) is 2.85. The molecule has 2 atom stereocenters. The van der Waals surface area contributed by atoms with Gasteiger partial charge in [-0.25, -0.2) is 8.78 Å². The van der Waals surface area contributed by atoms with Crippen LogP contribution in [0.2, 0.25) is 0 Å². The van der Waals surface area contributed by atoms with Crippen LogP contribution in [0, 0.1) is 11.6 Å². The van der Waals surface area contributed by atoms with Crippen molar-refractivity contribution in [2.24, 2.45) is 0 Å². The van der Waals surface area contributed by atoms with Crippen LogP contribution in [0.25, 0.3) is 0 Å². The van der Waals surface area contributed by atoms with E-state index in [2.05, 4.69) is 5.32 Å². The van der Waals surface area contributed by atoms with E-state index in [1.165, 1.54) is 12.1 Å². The van der Waals surface area contributed by atoms with Gasteiger partial charge in [0, 0.05) is 11.8 Å². The zero-order valence-electron chi connectivity index (χ0n) is 10.9. The van der Waals surface area contributed by atoms with Crippen molar-refractivity contribution in [1.29, 1.82) is 0 Å². The maximum atomic E-state index is 13.4. The maximum Gasteiger partial charge on any atom is 0.238 e. The van der Waals surface area contributed by atoms with Crippen LogP contribution in [0.3, 0.4) is 0 Å². The summed E-state index contributed by atoms with van der Waals surface area (Å²) in [6.45, 7) is 0.255. The van der Waals surface area contributed by atoms with Crippen molar-refractivity contribution < 1.29 is 13.6 Å². The summed E-state index contributed by atoms with van der Waals surface area (Å²) in [5, 5.41) is 3.09. The molecule has 0 bridgehead atoms. The molecule has 0 radical (unpaired) electrons. The Morgan fingerprint density at radius 2 is 2.15 bits per heavy atom. The van der Waals surface area contributed by atoms with Crippen molar-refractivity contribution in [1.82, 2.24) is 10.2 Å². The van der Waals surface area contributed by atoms with E-state index < -0.39 is 11.6 Å². The molecule has 2 aliphatic rings. The number of carbonyl (C=O) groups is 1. The number of benzene rings is 1. The van der Waals surface area contributed by atoms with Gasteiger partial charge < -0.3 is 4.90 Å². The minimum Gasteiger partial charge on any atom is -0.318 e. The van der Waals surface area contributed by atoms with E-state index in [-0.39, 0.29) is 24.7 Å². The maximum absolute atomic E-state index is 13.4. The molecule has 2 unspecified atom stereocenters. The largest absolute Gasteiger partial charge is 0.318 e. The van der Waals surface area contributed by atoms with Crippen molar-refractivity contribution in [3.8, 4) is 0 Å². The standard InChI is InChI=1S/C14H16F2N2OS/c15-11-4-3-9(6-12(11)16)14-17-7-13(19)18(14)10-2-1-5-20-8-10/h3-4,6,10,14,17H,1-2,5,7-8H2. The molecule has 1 N–H and O–H groups in total. The molecule has 3 rings (SSSR count). The zero-order chi connectivity index (χ0) is 14.1. The van der Waals surface area contributed by atoms with Gasteiger partial charge in [-0.2, -0.15) is 11.8 Å². The van der Waals surface area contributed by atoms with Gasteiger partial charge in [0.25, 0.3) is 0 Å². The fraction of sp³-hybridized carbons (Fsp3) is 0.500. The van der Waals surface area contributed by atoms with Gasteiger partial charge in [-0.1, -0.05) is 6.07 Å². The summed E-state index contributed by atoms with van der Waals surface area (Å²) in [7, 11) is 0. The van der Waals surface area contributed by atoms with Crippen molar-refractivity contribution in [2.75, 3.05) is 18.1 Å². The van der Waals surface area contributed by atoms with Gasteiger partial charge in [0.15, 0.2) is 11.6 Å². The number of amides is 1. The van der Waals surface area contributed by atoms with Gasteiger partial charge in [-0.3, -0.25) is 10.1 Å². The number of hydrogen-bond acceptors (Lipinski definition) is 3. The fourth-order valence-corrected chi connectivity index (χ4v) is 3.97. The van der Waals surface area contributed by atoms with E-state index in [9.17, 15) is 13.6 Å². The monoisotopic (exact) mass is 298 g/mol. The zero-order valence-corrected chi connectivity index (χ0v) is 11.8. The highest BCUT2D eigenvalue weighted by Crippen LogP contribution is 2.31. The average molecular weight is 298 g/mol. The molecule has 1 amide bonds. The summed E-state index contributed by atoms with van der Waals surface area (Å²) in [5.41, 5.74) is 0.602. The number of hydrogen-bond donors (Lipinski definition) is 1. The van der Waals surface area contributed by atoms with E-state index in [0.29, 0.717) is 5.56 Å². The Bertz CT molecular complexity index is 520. The molecule has 2 aliphatic heterocycles. The number of carbonyl (C=O) groups excluding carboxylic acids is 1. The third-order valence-electron chi connectivity index (χ3n) is 3.80. The van der Waals surface area contributed by atoms with Crippen LogP contribution in [0.5, 0.6) is 0 Å². The van der Waals surface area contributed by atoms with E-state index in [4.69, 9.17) is 0 Å². The Morgan fingerprint density at radius 3 is 2.85 bits per heavy atom. The number of nitrogens with zero attached hydrogens (tertiary/aromatic N) is 1. The highest BCUT2D eigenvalue weighted by atomic mass is 32.2. The predicted molar refractivity (Wildman–Crippen MR) is 74.3 cm³/mol. The van der Waals surface area contributed by atoms with Gasteiger partial charge in [-0.05, 0) is 36.3 Å². The molecular formula is C14H16F2N2OS. The van der Waals surface area contributed by atoms with Crippen LogP contribution in [0.1, 0.15) is 24.6 Å². The van der Waals surface area contributed by atoms with E-state index in [1.54, 1.807) is 4.90 Å². The number of nitrogens with one attached hydrogen (secondary N) is 1. The SMILES string of the molecule is O=C1CNC(c2ccc(F)c(F)c2)N1C1CCCSC1. The second-order valence-electron chi connectivity index (χ2n) is 5.13. The lowest BCUT2D eigenvalue weighted by Crippen LogP contribution is -2.42. The molecule has 3 nitrogen and oxygen atoms in total. The highest BCUT2D eigenvalue weighted by Gasteiger charge is 2.37. The molecule has 0 aliphatic carbocycles. The van der Waals surface area contributed by atoms with E-state index >= 15 is 0 Å². The topological polar surface area (TPSA) is 32.3 Å². The molecule has 2 heterocycles. The highest BCUT2D eigenvalue weighted by molar-refractivity contribution is 7.99. The number of halogens is 2. The minimum absolute atomic E-state index is 0.0345. The van der Waals surface area contributed by atoms with Crippen LogP contribution in [-0.4, -0.2) is 34.9 Å². The van der Waals surface area contributed by atoms with Crippen molar-refractivity contribution in [2.45, 2.75) is 25.0 Å². The van der Waals surface area contributed by atoms with Gasteiger partial charge >= 0.3 is 0 Å². The van der Waals surface area contributed by atoms with Crippen LogP contribution in [0.15, 0.2) is 18.2 Å². The van der Waals surface area contributed by atoms with Gasteiger partial charge in [0.1, 0.15) is 6.17 Å². The van der Waals surface area contributed by atoms with E-state index in [0.717, 1.165) is 30.4 Å². The first-order valence-corrected chi connectivity index (χ1v) is 7.89. The number of thioether (sulfide) groups is 1. The summed E-state index contributed by atoms with van der Waals surface area (Å²) >= 11 is 1.84. The Morgan fingerprint density at radius 1 is 1.30 bits per heavy atom. The Balaban J connectivity index is 1.86. The minimum atomic E-state index is -0.874. The summed E-state index contributed by atoms with van der Waals surface area (Å²) < 4.78 is 26.4. The van der Waals surface area contributed by atoms with Crippen LogP contribution < -0.4 is 5.32 Å². The predicted octanol–water partition coefficient (Wildman–Crippen LogP) is 2.29. The summed E-state index contributed by atoms with van der Waals surface area (Å²) in [4.78, 5) is 13.9. The first kappa shape index (κ1) is 13.8. The second kappa shape index (κ2) is 5.69. The number of rotatable bonds is 2.